The predicted molar refractivity (Wildman–Crippen MR) is 67.5 cm³/mol. The zero-order valence-corrected chi connectivity index (χ0v) is 10.8. The highest BCUT2D eigenvalue weighted by Gasteiger charge is 2.33. The maximum Gasteiger partial charge on any atom is 0.224 e. The number of carbonyl (C=O) groups excluding carboxylic acids is 1. The summed E-state index contributed by atoms with van der Waals surface area (Å²) < 4.78 is 0. The summed E-state index contributed by atoms with van der Waals surface area (Å²) in [6, 6.07) is 0.506. The fraction of sp³-hybridized carbons (Fsp3) is 0.917. The van der Waals surface area contributed by atoms with E-state index in [1.165, 1.54) is 12.8 Å². The first-order valence-corrected chi connectivity index (χ1v) is 6.24. The third-order valence-corrected chi connectivity index (χ3v) is 4.10. The van der Waals surface area contributed by atoms with Crippen molar-refractivity contribution in [1.82, 2.24) is 5.32 Å². The van der Waals surface area contributed by atoms with E-state index in [1.54, 1.807) is 0 Å². The molecule has 0 aliphatic heterocycles. The van der Waals surface area contributed by atoms with Gasteiger partial charge in [-0.05, 0) is 31.6 Å². The van der Waals surface area contributed by atoms with Gasteiger partial charge in [-0.25, -0.2) is 0 Å². The predicted octanol–water partition coefficient (Wildman–Crippen LogP) is 1.84. The van der Waals surface area contributed by atoms with Gasteiger partial charge in [0.2, 0.25) is 5.91 Å². The molecule has 2 aliphatic rings. The molecule has 2 aliphatic carbocycles. The molecular weight excluding hydrogens is 224 g/mol. The summed E-state index contributed by atoms with van der Waals surface area (Å²) >= 11 is 0. The van der Waals surface area contributed by atoms with Gasteiger partial charge >= 0.3 is 0 Å². The molecule has 4 atom stereocenters. The average molecular weight is 247 g/mol. The van der Waals surface area contributed by atoms with Crippen LogP contribution in [0.25, 0.3) is 0 Å². The fourth-order valence-electron chi connectivity index (χ4n) is 2.96. The van der Waals surface area contributed by atoms with Crippen LogP contribution in [0.5, 0.6) is 0 Å². The number of hydrogen-bond donors (Lipinski definition) is 2. The number of halogens is 1. The fourth-order valence-corrected chi connectivity index (χ4v) is 2.96. The van der Waals surface area contributed by atoms with Crippen LogP contribution in [0, 0.1) is 11.8 Å². The summed E-state index contributed by atoms with van der Waals surface area (Å²) in [4.78, 5) is 12.0. The summed E-state index contributed by atoms with van der Waals surface area (Å²) in [7, 11) is 0. The van der Waals surface area contributed by atoms with E-state index in [2.05, 4.69) is 12.2 Å². The maximum absolute atomic E-state index is 12.0. The van der Waals surface area contributed by atoms with Crippen molar-refractivity contribution < 1.29 is 4.79 Å². The smallest absolute Gasteiger partial charge is 0.224 e. The van der Waals surface area contributed by atoms with Gasteiger partial charge in [0.15, 0.2) is 0 Å². The second-order valence-electron chi connectivity index (χ2n) is 5.22. The van der Waals surface area contributed by atoms with E-state index in [-0.39, 0.29) is 30.3 Å². The lowest BCUT2D eigenvalue weighted by atomic mass is 10.0. The lowest BCUT2D eigenvalue weighted by Gasteiger charge is -2.21. The molecule has 0 aromatic carbocycles. The van der Waals surface area contributed by atoms with Crippen LogP contribution in [-0.2, 0) is 4.79 Å². The molecule has 0 saturated heterocycles. The van der Waals surface area contributed by atoms with E-state index in [4.69, 9.17) is 5.73 Å². The summed E-state index contributed by atoms with van der Waals surface area (Å²) in [5, 5.41) is 3.18. The van der Waals surface area contributed by atoms with E-state index in [0.717, 1.165) is 25.7 Å². The Morgan fingerprint density at radius 1 is 1.19 bits per heavy atom. The van der Waals surface area contributed by atoms with Gasteiger partial charge in [-0.1, -0.05) is 19.8 Å². The van der Waals surface area contributed by atoms with Crippen molar-refractivity contribution in [1.29, 1.82) is 0 Å². The van der Waals surface area contributed by atoms with Crippen molar-refractivity contribution in [2.24, 2.45) is 17.6 Å². The highest BCUT2D eigenvalue weighted by atomic mass is 35.5. The van der Waals surface area contributed by atoms with E-state index < -0.39 is 0 Å². The molecule has 0 radical (unpaired) electrons. The number of hydrogen-bond acceptors (Lipinski definition) is 2. The van der Waals surface area contributed by atoms with E-state index in [1.807, 2.05) is 0 Å². The van der Waals surface area contributed by atoms with Crippen molar-refractivity contribution in [2.45, 2.75) is 57.5 Å². The zero-order valence-electron chi connectivity index (χ0n) is 9.95. The van der Waals surface area contributed by atoms with Gasteiger partial charge in [0.1, 0.15) is 0 Å². The SMILES string of the molecule is CC1CCCC1NC(=O)C1CCCC1N.Cl. The third kappa shape index (κ3) is 2.89. The first-order valence-electron chi connectivity index (χ1n) is 6.24. The second kappa shape index (κ2) is 5.87. The lowest BCUT2D eigenvalue weighted by Crippen LogP contribution is -2.44. The first kappa shape index (κ1) is 13.8. The zero-order chi connectivity index (χ0) is 10.8. The Bertz CT molecular complexity index is 247. The average Bonchev–Trinajstić information content (AvgIpc) is 2.76. The van der Waals surface area contributed by atoms with Gasteiger partial charge in [-0.3, -0.25) is 4.79 Å². The van der Waals surface area contributed by atoms with Gasteiger partial charge in [-0.2, -0.15) is 0 Å². The quantitative estimate of drug-likeness (QED) is 0.781. The Kier molecular flexibility index (Phi) is 5.06. The largest absolute Gasteiger partial charge is 0.353 e. The van der Waals surface area contributed by atoms with E-state index in [9.17, 15) is 4.79 Å². The van der Waals surface area contributed by atoms with Crippen LogP contribution in [0.3, 0.4) is 0 Å². The van der Waals surface area contributed by atoms with Crippen LogP contribution in [0.1, 0.15) is 45.4 Å². The minimum absolute atomic E-state index is 0. The molecular formula is C12H23ClN2O. The van der Waals surface area contributed by atoms with Crippen molar-refractivity contribution in [2.75, 3.05) is 0 Å². The highest BCUT2D eigenvalue weighted by Crippen LogP contribution is 2.28. The molecule has 0 spiro atoms. The van der Waals surface area contributed by atoms with Gasteiger partial charge in [-0.15, -0.1) is 12.4 Å². The van der Waals surface area contributed by atoms with Crippen LogP contribution < -0.4 is 11.1 Å². The first-order chi connectivity index (χ1) is 7.18. The molecule has 2 saturated carbocycles. The highest BCUT2D eigenvalue weighted by molar-refractivity contribution is 5.85. The summed E-state index contributed by atoms with van der Waals surface area (Å²) in [5.74, 6) is 0.933. The van der Waals surface area contributed by atoms with Crippen LogP contribution in [0.15, 0.2) is 0 Å². The Morgan fingerprint density at radius 3 is 2.38 bits per heavy atom. The number of nitrogens with two attached hydrogens (primary N) is 1. The Morgan fingerprint density at radius 2 is 1.88 bits per heavy atom. The van der Waals surface area contributed by atoms with Gasteiger partial charge in [0, 0.05) is 12.1 Å². The van der Waals surface area contributed by atoms with Crippen LogP contribution in [0.2, 0.25) is 0 Å². The van der Waals surface area contributed by atoms with E-state index >= 15 is 0 Å². The molecule has 2 fully saturated rings. The minimum atomic E-state index is 0. The summed E-state index contributed by atoms with van der Waals surface area (Å²) in [6.07, 6.45) is 6.76. The van der Waals surface area contributed by atoms with Crippen molar-refractivity contribution in [3.05, 3.63) is 0 Å². The van der Waals surface area contributed by atoms with Crippen molar-refractivity contribution in [3.63, 3.8) is 0 Å². The summed E-state index contributed by atoms with van der Waals surface area (Å²) in [5.41, 5.74) is 5.93. The summed E-state index contributed by atoms with van der Waals surface area (Å²) in [6.45, 7) is 2.23. The molecule has 94 valence electrons. The van der Waals surface area contributed by atoms with E-state index in [0.29, 0.717) is 12.0 Å². The minimum Gasteiger partial charge on any atom is -0.353 e. The molecule has 3 nitrogen and oxygen atoms in total. The molecule has 3 N–H and O–H groups in total. The molecule has 0 aromatic rings. The lowest BCUT2D eigenvalue weighted by molar-refractivity contribution is -0.126. The molecule has 4 heteroatoms. The van der Waals surface area contributed by atoms with Crippen LogP contribution in [0.4, 0.5) is 0 Å². The molecule has 1 amide bonds. The molecule has 0 bridgehead atoms. The van der Waals surface area contributed by atoms with Gasteiger partial charge in [0.05, 0.1) is 5.92 Å². The second-order valence-corrected chi connectivity index (χ2v) is 5.22. The molecule has 16 heavy (non-hydrogen) atoms. The number of carbonyl (C=O) groups is 1. The van der Waals surface area contributed by atoms with Crippen LogP contribution in [-0.4, -0.2) is 18.0 Å². The Labute approximate surface area is 104 Å². The van der Waals surface area contributed by atoms with Crippen molar-refractivity contribution in [3.8, 4) is 0 Å². The van der Waals surface area contributed by atoms with Gasteiger partial charge in [0.25, 0.3) is 0 Å². The van der Waals surface area contributed by atoms with Gasteiger partial charge < -0.3 is 11.1 Å². The number of rotatable bonds is 2. The Hall–Kier alpha value is -0.280. The number of nitrogens with one attached hydrogen (secondary N) is 1. The maximum atomic E-state index is 12.0. The van der Waals surface area contributed by atoms with Crippen LogP contribution >= 0.6 is 12.4 Å². The number of amides is 1. The Balaban J connectivity index is 0.00000128. The third-order valence-electron chi connectivity index (χ3n) is 4.10. The molecule has 0 heterocycles. The standard InChI is InChI=1S/C12H22N2O.ClH/c1-8-4-2-7-11(8)14-12(15)9-5-3-6-10(9)13;/h8-11H,2-7,13H2,1H3,(H,14,15);1H. The monoisotopic (exact) mass is 246 g/mol. The van der Waals surface area contributed by atoms with Crippen molar-refractivity contribution >= 4 is 18.3 Å². The molecule has 0 aromatic heterocycles. The normalized spacial score (nSPS) is 38.1. The molecule has 2 rings (SSSR count). The topological polar surface area (TPSA) is 55.1 Å². The molecule has 4 unspecified atom stereocenters.